The Bertz CT molecular complexity index is 749. The Balaban J connectivity index is 1.62. The lowest BCUT2D eigenvalue weighted by Gasteiger charge is -2.31. The predicted octanol–water partition coefficient (Wildman–Crippen LogP) is 3.48. The molecule has 1 aliphatic rings. The van der Waals surface area contributed by atoms with Crippen LogP contribution < -0.4 is 4.74 Å². The van der Waals surface area contributed by atoms with Crippen molar-refractivity contribution in [3.05, 3.63) is 60.2 Å². The minimum Gasteiger partial charge on any atom is -0.490 e. The first-order chi connectivity index (χ1) is 11.6. The van der Waals surface area contributed by atoms with Gasteiger partial charge in [0, 0.05) is 13.1 Å². The van der Waals surface area contributed by atoms with Crippen molar-refractivity contribution in [3.63, 3.8) is 0 Å². The summed E-state index contributed by atoms with van der Waals surface area (Å²) in [7, 11) is -3.41. The van der Waals surface area contributed by atoms with E-state index in [1.54, 1.807) is 16.4 Å². The second-order valence-corrected chi connectivity index (χ2v) is 7.97. The van der Waals surface area contributed by atoms with Crippen LogP contribution in [0.5, 0.6) is 5.75 Å². The molecule has 5 heteroatoms. The molecule has 0 radical (unpaired) electrons. The third-order valence-corrected chi connectivity index (χ3v) is 6.33. The molecule has 0 atom stereocenters. The summed E-state index contributed by atoms with van der Waals surface area (Å²) in [6.07, 6.45) is 2.39. The first kappa shape index (κ1) is 17.0. The van der Waals surface area contributed by atoms with Gasteiger partial charge in [0.15, 0.2) is 0 Å². The molecule has 4 nitrogen and oxygen atoms in total. The Labute approximate surface area is 144 Å². The Morgan fingerprint density at radius 2 is 1.62 bits per heavy atom. The van der Waals surface area contributed by atoms with Crippen LogP contribution in [0.25, 0.3) is 0 Å². The van der Waals surface area contributed by atoms with Gasteiger partial charge < -0.3 is 4.74 Å². The van der Waals surface area contributed by atoms with Crippen molar-refractivity contribution in [2.24, 2.45) is 0 Å². The van der Waals surface area contributed by atoms with Gasteiger partial charge in [-0.1, -0.05) is 37.3 Å². The zero-order valence-electron chi connectivity index (χ0n) is 13.9. The van der Waals surface area contributed by atoms with E-state index in [-0.39, 0.29) is 6.10 Å². The molecule has 0 spiro atoms. The van der Waals surface area contributed by atoms with Gasteiger partial charge in [0.1, 0.15) is 11.9 Å². The van der Waals surface area contributed by atoms with E-state index in [0.29, 0.717) is 30.8 Å². The van der Waals surface area contributed by atoms with Gasteiger partial charge in [-0.05, 0) is 49.1 Å². The van der Waals surface area contributed by atoms with Gasteiger partial charge >= 0.3 is 0 Å². The standard InChI is InChI=1S/C19H23NO3S/c1-2-16-8-10-19(11-9-16)24(21,22)20-14-12-18(13-15-20)23-17-6-4-3-5-7-17/h3-11,18H,2,12-15H2,1H3. The second kappa shape index (κ2) is 7.36. The normalized spacial score (nSPS) is 16.9. The van der Waals surface area contributed by atoms with Gasteiger partial charge in [0.25, 0.3) is 0 Å². The number of sulfonamides is 1. The highest BCUT2D eigenvalue weighted by atomic mass is 32.2. The van der Waals surface area contributed by atoms with Gasteiger partial charge in [0.05, 0.1) is 4.90 Å². The van der Waals surface area contributed by atoms with Crippen molar-refractivity contribution < 1.29 is 13.2 Å². The summed E-state index contributed by atoms with van der Waals surface area (Å²) in [5.41, 5.74) is 1.14. The molecule has 1 fully saturated rings. The van der Waals surface area contributed by atoms with E-state index in [1.807, 2.05) is 42.5 Å². The molecule has 1 heterocycles. The highest BCUT2D eigenvalue weighted by Crippen LogP contribution is 2.24. The topological polar surface area (TPSA) is 46.6 Å². The molecule has 1 aliphatic heterocycles. The highest BCUT2D eigenvalue weighted by molar-refractivity contribution is 7.89. The van der Waals surface area contributed by atoms with E-state index in [4.69, 9.17) is 4.74 Å². The molecule has 2 aromatic carbocycles. The molecule has 0 aliphatic carbocycles. The van der Waals surface area contributed by atoms with Crippen LogP contribution in [0.3, 0.4) is 0 Å². The Hall–Kier alpha value is -1.85. The third kappa shape index (κ3) is 3.79. The van der Waals surface area contributed by atoms with Crippen LogP contribution in [0.1, 0.15) is 25.3 Å². The van der Waals surface area contributed by atoms with Crippen LogP contribution in [-0.4, -0.2) is 31.9 Å². The average Bonchev–Trinajstić information content (AvgIpc) is 2.63. The molecule has 0 aromatic heterocycles. The highest BCUT2D eigenvalue weighted by Gasteiger charge is 2.30. The van der Waals surface area contributed by atoms with E-state index >= 15 is 0 Å². The zero-order valence-corrected chi connectivity index (χ0v) is 14.7. The van der Waals surface area contributed by atoms with Gasteiger partial charge in [-0.2, -0.15) is 4.31 Å². The molecule has 0 saturated carbocycles. The predicted molar refractivity (Wildman–Crippen MR) is 94.7 cm³/mol. The van der Waals surface area contributed by atoms with Gasteiger partial charge in [-0.3, -0.25) is 0 Å². The number of piperidine rings is 1. The maximum absolute atomic E-state index is 12.7. The summed E-state index contributed by atoms with van der Waals surface area (Å²) in [6, 6.07) is 16.9. The minimum atomic E-state index is -3.41. The fourth-order valence-corrected chi connectivity index (χ4v) is 4.40. The SMILES string of the molecule is CCc1ccc(S(=O)(=O)N2CCC(Oc3ccccc3)CC2)cc1. The summed E-state index contributed by atoms with van der Waals surface area (Å²) in [5.74, 6) is 0.842. The number of hydrogen-bond acceptors (Lipinski definition) is 3. The van der Waals surface area contributed by atoms with Crippen molar-refractivity contribution >= 4 is 10.0 Å². The Morgan fingerprint density at radius 3 is 2.21 bits per heavy atom. The van der Waals surface area contributed by atoms with Gasteiger partial charge in [-0.25, -0.2) is 8.42 Å². The maximum Gasteiger partial charge on any atom is 0.243 e. The molecular weight excluding hydrogens is 322 g/mol. The summed E-state index contributed by atoms with van der Waals surface area (Å²) in [4.78, 5) is 0.377. The molecular formula is C19H23NO3S. The molecule has 0 N–H and O–H groups in total. The second-order valence-electron chi connectivity index (χ2n) is 6.03. The fourth-order valence-electron chi connectivity index (χ4n) is 2.93. The molecule has 2 aromatic rings. The lowest BCUT2D eigenvalue weighted by Crippen LogP contribution is -2.41. The van der Waals surface area contributed by atoms with Crippen LogP contribution in [0.4, 0.5) is 0 Å². The molecule has 0 amide bonds. The van der Waals surface area contributed by atoms with Crippen molar-refractivity contribution in [2.75, 3.05) is 13.1 Å². The van der Waals surface area contributed by atoms with Crippen LogP contribution in [-0.2, 0) is 16.4 Å². The van der Waals surface area contributed by atoms with Crippen LogP contribution in [0.15, 0.2) is 59.5 Å². The molecule has 0 unspecified atom stereocenters. The van der Waals surface area contributed by atoms with E-state index < -0.39 is 10.0 Å². The maximum atomic E-state index is 12.7. The van der Waals surface area contributed by atoms with E-state index in [0.717, 1.165) is 17.7 Å². The number of nitrogens with zero attached hydrogens (tertiary/aromatic N) is 1. The summed E-state index contributed by atoms with van der Waals surface area (Å²) >= 11 is 0. The first-order valence-corrected chi connectivity index (χ1v) is 9.84. The Morgan fingerprint density at radius 1 is 1.00 bits per heavy atom. The molecule has 0 bridgehead atoms. The van der Waals surface area contributed by atoms with Crippen molar-refractivity contribution in [1.29, 1.82) is 0 Å². The number of hydrogen-bond donors (Lipinski definition) is 0. The largest absolute Gasteiger partial charge is 0.490 e. The van der Waals surface area contributed by atoms with E-state index in [2.05, 4.69) is 6.92 Å². The fraction of sp³-hybridized carbons (Fsp3) is 0.368. The quantitative estimate of drug-likeness (QED) is 0.833. The van der Waals surface area contributed by atoms with Gasteiger partial charge in [0.2, 0.25) is 10.0 Å². The lowest BCUT2D eigenvalue weighted by atomic mass is 10.1. The number of benzene rings is 2. The zero-order chi connectivity index (χ0) is 17.0. The van der Waals surface area contributed by atoms with Crippen LogP contribution in [0, 0.1) is 0 Å². The monoisotopic (exact) mass is 345 g/mol. The van der Waals surface area contributed by atoms with Crippen molar-refractivity contribution in [3.8, 4) is 5.75 Å². The van der Waals surface area contributed by atoms with Gasteiger partial charge in [-0.15, -0.1) is 0 Å². The molecule has 3 rings (SSSR count). The number of para-hydroxylation sites is 1. The Kier molecular flexibility index (Phi) is 5.21. The first-order valence-electron chi connectivity index (χ1n) is 8.40. The summed E-state index contributed by atoms with van der Waals surface area (Å²) < 4.78 is 33.0. The number of rotatable bonds is 5. The van der Waals surface area contributed by atoms with E-state index in [9.17, 15) is 8.42 Å². The smallest absolute Gasteiger partial charge is 0.243 e. The molecule has 24 heavy (non-hydrogen) atoms. The molecule has 1 saturated heterocycles. The number of ether oxygens (including phenoxy) is 1. The third-order valence-electron chi connectivity index (χ3n) is 4.42. The van der Waals surface area contributed by atoms with Crippen LogP contribution in [0.2, 0.25) is 0 Å². The summed E-state index contributed by atoms with van der Waals surface area (Å²) in [5, 5.41) is 0. The lowest BCUT2D eigenvalue weighted by molar-refractivity contribution is 0.135. The minimum absolute atomic E-state index is 0.0707. The molecule has 128 valence electrons. The summed E-state index contributed by atoms with van der Waals surface area (Å²) in [6.45, 7) is 3.05. The van der Waals surface area contributed by atoms with Crippen molar-refractivity contribution in [1.82, 2.24) is 4.31 Å². The van der Waals surface area contributed by atoms with Crippen LogP contribution >= 0.6 is 0 Å². The average molecular weight is 345 g/mol. The van der Waals surface area contributed by atoms with E-state index in [1.165, 1.54) is 0 Å². The number of aryl methyl sites for hydroxylation is 1. The van der Waals surface area contributed by atoms with Crippen molar-refractivity contribution in [2.45, 2.75) is 37.2 Å².